The van der Waals surface area contributed by atoms with E-state index in [-0.39, 0.29) is 12.5 Å². The summed E-state index contributed by atoms with van der Waals surface area (Å²) in [6.07, 6.45) is 2.26. The Balaban J connectivity index is 1.59. The number of piperidine rings is 1. The van der Waals surface area contributed by atoms with Crippen molar-refractivity contribution >= 4 is 17.2 Å². The van der Waals surface area contributed by atoms with Gasteiger partial charge in [0.05, 0.1) is 17.1 Å². The fourth-order valence-corrected chi connectivity index (χ4v) is 3.56. The molecule has 0 bridgehead atoms. The van der Waals surface area contributed by atoms with Gasteiger partial charge in [0.15, 0.2) is 0 Å². The van der Waals surface area contributed by atoms with E-state index >= 15 is 0 Å². The molecule has 122 valence electrons. The van der Waals surface area contributed by atoms with Crippen LogP contribution in [0, 0.1) is 12.8 Å². The zero-order valence-electron chi connectivity index (χ0n) is 13.4. The number of aryl methyl sites for hydroxylation is 1. The van der Waals surface area contributed by atoms with E-state index in [9.17, 15) is 4.79 Å². The van der Waals surface area contributed by atoms with E-state index in [1.807, 2.05) is 36.1 Å². The van der Waals surface area contributed by atoms with Crippen molar-refractivity contribution in [2.75, 3.05) is 19.7 Å². The topological polar surface area (TPSA) is 53.4 Å². The lowest BCUT2D eigenvalue weighted by Gasteiger charge is -2.31. The second-order valence-corrected chi connectivity index (χ2v) is 7.19. The van der Waals surface area contributed by atoms with Crippen molar-refractivity contribution in [3.63, 3.8) is 0 Å². The Morgan fingerprint density at radius 1 is 1.30 bits per heavy atom. The minimum atomic E-state index is 0.179. The van der Waals surface area contributed by atoms with Gasteiger partial charge in [0.25, 0.3) is 0 Å². The van der Waals surface area contributed by atoms with Crippen LogP contribution < -0.4 is 0 Å². The quantitative estimate of drug-likeness (QED) is 0.938. The predicted octanol–water partition coefficient (Wildman–Crippen LogP) is 2.89. The Labute approximate surface area is 140 Å². The molecule has 1 aromatic carbocycles. The van der Waals surface area contributed by atoms with E-state index in [1.54, 1.807) is 11.3 Å². The average Bonchev–Trinajstić information content (AvgIpc) is 3.02. The van der Waals surface area contributed by atoms with Gasteiger partial charge in [-0.25, -0.2) is 4.98 Å². The number of amides is 1. The van der Waals surface area contributed by atoms with Gasteiger partial charge in [-0.2, -0.15) is 0 Å². The number of aliphatic hydroxyl groups is 1. The van der Waals surface area contributed by atoms with E-state index in [0.29, 0.717) is 12.3 Å². The van der Waals surface area contributed by atoms with Gasteiger partial charge < -0.3 is 10.0 Å². The highest BCUT2D eigenvalue weighted by Gasteiger charge is 2.22. The highest BCUT2D eigenvalue weighted by atomic mass is 32.1. The van der Waals surface area contributed by atoms with Gasteiger partial charge in [0.1, 0.15) is 0 Å². The Bertz CT molecular complexity index is 658. The van der Waals surface area contributed by atoms with Crippen LogP contribution in [0.15, 0.2) is 29.6 Å². The first-order valence-corrected chi connectivity index (χ1v) is 8.94. The van der Waals surface area contributed by atoms with Gasteiger partial charge in [-0.3, -0.25) is 4.79 Å². The summed E-state index contributed by atoms with van der Waals surface area (Å²) in [6.45, 7) is 3.77. The van der Waals surface area contributed by atoms with Crippen LogP contribution in [0.5, 0.6) is 0 Å². The van der Waals surface area contributed by atoms with Gasteiger partial charge >= 0.3 is 0 Å². The number of hydrogen-bond acceptors (Lipinski definition) is 4. The zero-order chi connectivity index (χ0) is 16.2. The van der Waals surface area contributed by atoms with Crippen LogP contribution in [0.25, 0.3) is 11.3 Å². The zero-order valence-corrected chi connectivity index (χ0v) is 14.2. The number of benzene rings is 1. The standard InChI is InChI=1S/C18H22N2O2S/c1-13-19-17(12-23-13)16-4-2-14(3-5-16)10-18(22)20-8-6-15(11-21)7-9-20/h2-5,12,15,21H,6-11H2,1H3. The lowest BCUT2D eigenvalue weighted by Crippen LogP contribution is -2.40. The monoisotopic (exact) mass is 330 g/mol. The van der Waals surface area contributed by atoms with Crippen LogP contribution >= 0.6 is 11.3 Å². The molecule has 2 heterocycles. The normalized spacial score (nSPS) is 15.8. The Morgan fingerprint density at radius 2 is 2.00 bits per heavy atom. The van der Waals surface area contributed by atoms with Gasteiger partial charge in [-0.05, 0) is 31.2 Å². The Kier molecular flexibility index (Phi) is 5.08. The van der Waals surface area contributed by atoms with E-state index in [1.165, 1.54) is 0 Å². The molecule has 23 heavy (non-hydrogen) atoms. The molecule has 2 aromatic rings. The highest BCUT2D eigenvalue weighted by Crippen LogP contribution is 2.22. The number of carbonyl (C=O) groups excluding carboxylic acids is 1. The summed E-state index contributed by atoms with van der Waals surface area (Å²) in [5, 5.41) is 12.3. The second-order valence-electron chi connectivity index (χ2n) is 6.13. The lowest BCUT2D eigenvalue weighted by molar-refractivity contribution is -0.132. The van der Waals surface area contributed by atoms with Gasteiger partial charge in [-0.15, -0.1) is 11.3 Å². The highest BCUT2D eigenvalue weighted by molar-refractivity contribution is 7.09. The molecule has 0 spiro atoms. The molecule has 3 rings (SSSR count). The van der Waals surface area contributed by atoms with Crippen LogP contribution in [0.3, 0.4) is 0 Å². The molecule has 0 atom stereocenters. The number of aliphatic hydroxyl groups excluding tert-OH is 1. The third-order valence-electron chi connectivity index (χ3n) is 4.45. The fourth-order valence-electron chi connectivity index (χ4n) is 2.94. The maximum absolute atomic E-state index is 12.4. The SMILES string of the molecule is Cc1nc(-c2ccc(CC(=O)N3CCC(CO)CC3)cc2)cs1. The first kappa shape index (κ1) is 16.1. The summed E-state index contributed by atoms with van der Waals surface area (Å²) in [5.41, 5.74) is 3.13. The number of thiazole rings is 1. The number of aromatic nitrogens is 1. The molecule has 0 aliphatic carbocycles. The first-order valence-electron chi connectivity index (χ1n) is 8.06. The van der Waals surface area contributed by atoms with Crippen molar-refractivity contribution in [1.82, 2.24) is 9.88 Å². The maximum Gasteiger partial charge on any atom is 0.226 e. The molecule has 0 unspecified atom stereocenters. The minimum absolute atomic E-state index is 0.179. The molecule has 0 radical (unpaired) electrons. The summed E-state index contributed by atoms with van der Waals surface area (Å²) < 4.78 is 0. The smallest absolute Gasteiger partial charge is 0.226 e. The van der Waals surface area contributed by atoms with Crippen molar-refractivity contribution in [2.24, 2.45) is 5.92 Å². The third-order valence-corrected chi connectivity index (χ3v) is 5.22. The summed E-state index contributed by atoms with van der Waals surface area (Å²) in [6, 6.07) is 8.11. The maximum atomic E-state index is 12.4. The molecule has 1 aromatic heterocycles. The number of nitrogens with zero attached hydrogens (tertiary/aromatic N) is 2. The molecule has 5 heteroatoms. The minimum Gasteiger partial charge on any atom is -0.396 e. The lowest BCUT2D eigenvalue weighted by atomic mass is 9.97. The molecule has 1 saturated heterocycles. The molecule has 1 N–H and O–H groups in total. The predicted molar refractivity (Wildman–Crippen MR) is 92.4 cm³/mol. The summed E-state index contributed by atoms with van der Waals surface area (Å²) in [7, 11) is 0. The second kappa shape index (κ2) is 7.23. The first-order chi connectivity index (χ1) is 11.2. The largest absolute Gasteiger partial charge is 0.396 e. The van der Waals surface area contributed by atoms with Crippen LogP contribution in [0.2, 0.25) is 0 Å². The van der Waals surface area contributed by atoms with Gasteiger partial charge in [0, 0.05) is 30.6 Å². The molecule has 1 aliphatic rings. The van der Waals surface area contributed by atoms with Crippen molar-refractivity contribution in [3.8, 4) is 11.3 Å². The van der Waals surface area contributed by atoms with Crippen LogP contribution in [0.4, 0.5) is 0 Å². The number of rotatable bonds is 4. The molecule has 0 saturated carbocycles. The van der Waals surface area contributed by atoms with E-state index < -0.39 is 0 Å². The molecule has 4 nitrogen and oxygen atoms in total. The van der Waals surface area contributed by atoms with E-state index in [0.717, 1.165) is 47.8 Å². The van der Waals surface area contributed by atoms with Crippen molar-refractivity contribution < 1.29 is 9.90 Å². The van der Waals surface area contributed by atoms with Crippen molar-refractivity contribution in [1.29, 1.82) is 0 Å². The summed E-state index contributed by atoms with van der Waals surface area (Å²) >= 11 is 1.65. The van der Waals surface area contributed by atoms with Crippen molar-refractivity contribution in [2.45, 2.75) is 26.2 Å². The van der Waals surface area contributed by atoms with Crippen LogP contribution in [-0.4, -0.2) is 40.6 Å². The van der Waals surface area contributed by atoms with Gasteiger partial charge in [-0.1, -0.05) is 24.3 Å². The van der Waals surface area contributed by atoms with Gasteiger partial charge in [0.2, 0.25) is 5.91 Å². The molecular weight excluding hydrogens is 308 g/mol. The number of hydrogen-bond donors (Lipinski definition) is 1. The molecule has 1 amide bonds. The number of likely N-dealkylation sites (tertiary alicyclic amines) is 1. The molecular formula is C18H22N2O2S. The van der Waals surface area contributed by atoms with Crippen molar-refractivity contribution in [3.05, 3.63) is 40.2 Å². The van der Waals surface area contributed by atoms with Crippen LogP contribution in [0.1, 0.15) is 23.4 Å². The summed E-state index contributed by atoms with van der Waals surface area (Å²) in [4.78, 5) is 18.8. The van der Waals surface area contributed by atoms with E-state index in [4.69, 9.17) is 5.11 Å². The fraction of sp³-hybridized carbons (Fsp3) is 0.444. The average molecular weight is 330 g/mol. The number of carbonyl (C=O) groups is 1. The summed E-state index contributed by atoms with van der Waals surface area (Å²) in [5.74, 6) is 0.540. The van der Waals surface area contributed by atoms with E-state index in [2.05, 4.69) is 10.4 Å². The van der Waals surface area contributed by atoms with Crippen LogP contribution in [-0.2, 0) is 11.2 Å². The Morgan fingerprint density at radius 3 is 2.57 bits per heavy atom. The molecule has 1 aliphatic heterocycles. The third kappa shape index (κ3) is 3.98. The molecule has 1 fully saturated rings. The Hall–Kier alpha value is -1.72.